The quantitative estimate of drug-likeness (QED) is 0.564. The second-order valence-electron chi connectivity index (χ2n) is 5.63. The molecule has 1 amide bonds. The van der Waals surface area contributed by atoms with Crippen LogP contribution in [0.3, 0.4) is 0 Å². The number of nitrogens with one attached hydrogen (secondary N) is 2. The Kier molecular flexibility index (Phi) is 4.03. The number of carbonyl (C=O) groups is 1. The number of aromatic amines is 1. The molecule has 0 bridgehead atoms. The molecule has 2 aromatic carbocycles. The molecule has 6 heteroatoms. The van der Waals surface area contributed by atoms with Crippen molar-refractivity contribution >= 4 is 33.8 Å². The number of hydrogen-bond acceptors (Lipinski definition) is 3. The number of carbonyl (C=O) groups excluding carboxylic acids is 1. The Labute approximate surface area is 147 Å². The zero-order valence-electron chi connectivity index (χ0n) is 13.1. The van der Waals surface area contributed by atoms with Crippen molar-refractivity contribution in [3.05, 3.63) is 71.6 Å². The highest BCUT2D eigenvalue weighted by atomic mass is 32.1. The maximum atomic E-state index is 13.8. The van der Waals surface area contributed by atoms with Crippen molar-refractivity contribution in [1.29, 1.82) is 0 Å². The molecule has 0 saturated carbocycles. The summed E-state index contributed by atoms with van der Waals surface area (Å²) in [5.74, 6) is -0.469. The zero-order chi connectivity index (χ0) is 17.2. The Morgan fingerprint density at radius 2 is 2.08 bits per heavy atom. The Morgan fingerprint density at radius 1 is 1.20 bits per heavy atom. The van der Waals surface area contributed by atoms with Crippen LogP contribution in [-0.2, 0) is 11.2 Å². The minimum Gasteiger partial charge on any atom is -0.361 e. The van der Waals surface area contributed by atoms with Gasteiger partial charge in [-0.05, 0) is 35.7 Å². The predicted molar refractivity (Wildman–Crippen MR) is 98.1 cm³/mol. The number of nitrogens with zero attached hydrogens (tertiary/aromatic N) is 1. The van der Waals surface area contributed by atoms with Crippen LogP contribution in [0.15, 0.2) is 60.1 Å². The summed E-state index contributed by atoms with van der Waals surface area (Å²) in [5, 5.41) is 6.32. The highest BCUT2D eigenvalue weighted by Crippen LogP contribution is 2.26. The van der Waals surface area contributed by atoms with E-state index in [2.05, 4.69) is 15.3 Å². The first-order valence-electron chi connectivity index (χ1n) is 7.75. The Hall–Kier alpha value is -2.99. The molecular formula is C19H14FN3OS. The highest BCUT2D eigenvalue weighted by molar-refractivity contribution is 7.13. The summed E-state index contributed by atoms with van der Waals surface area (Å²) in [4.78, 5) is 19.7. The number of fused-ring (bicyclic) bond motifs is 1. The molecule has 0 aliphatic heterocycles. The second kappa shape index (κ2) is 6.49. The molecule has 0 radical (unpaired) electrons. The van der Waals surface area contributed by atoms with Gasteiger partial charge < -0.3 is 10.3 Å². The number of halogens is 1. The summed E-state index contributed by atoms with van der Waals surface area (Å²) < 4.78 is 13.8. The van der Waals surface area contributed by atoms with E-state index < -0.39 is 0 Å². The minimum atomic E-state index is -0.313. The molecule has 0 saturated heterocycles. The van der Waals surface area contributed by atoms with Crippen molar-refractivity contribution < 1.29 is 9.18 Å². The van der Waals surface area contributed by atoms with Gasteiger partial charge in [0.05, 0.1) is 12.1 Å². The molecule has 4 aromatic rings. The van der Waals surface area contributed by atoms with Crippen LogP contribution >= 0.6 is 11.3 Å². The number of H-pyrrole nitrogens is 1. The van der Waals surface area contributed by atoms with E-state index in [1.54, 1.807) is 23.6 Å². The van der Waals surface area contributed by atoms with Crippen molar-refractivity contribution in [2.45, 2.75) is 6.42 Å². The lowest BCUT2D eigenvalue weighted by Crippen LogP contribution is -2.14. The number of thiazole rings is 1. The molecule has 0 aliphatic carbocycles. The largest absolute Gasteiger partial charge is 0.361 e. The summed E-state index contributed by atoms with van der Waals surface area (Å²) in [6.45, 7) is 0. The van der Waals surface area contributed by atoms with Gasteiger partial charge in [-0.3, -0.25) is 4.79 Å². The van der Waals surface area contributed by atoms with Crippen molar-refractivity contribution in [3.8, 4) is 10.6 Å². The average Bonchev–Trinajstić information content (AvgIpc) is 3.24. The zero-order valence-corrected chi connectivity index (χ0v) is 13.9. The van der Waals surface area contributed by atoms with Crippen LogP contribution in [0.2, 0.25) is 0 Å². The van der Waals surface area contributed by atoms with Crippen molar-refractivity contribution in [2.24, 2.45) is 0 Å². The van der Waals surface area contributed by atoms with E-state index in [-0.39, 0.29) is 18.1 Å². The topological polar surface area (TPSA) is 57.8 Å². The summed E-state index contributed by atoms with van der Waals surface area (Å²) >= 11 is 1.33. The molecule has 0 atom stereocenters. The van der Waals surface area contributed by atoms with Crippen molar-refractivity contribution in [2.75, 3.05) is 5.32 Å². The maximum absolute atomic E-state index is 13.8. The molecule has 0 aliphatic rings. The van der Waals surface area contributed by atoms with E-state index in [0.717, 1.165) is 16.6 Å². The fourth-order valence-corrected chi connectivity index (χ4v) is 3.49. The van der Waals surface area contributed by atoms with Crippen LogP contribution in [0.1, 0.15) is 5.69 Å². The van der Waals surface area contributed by atoms with Crippen molar-refractivity contribution in [1.82, 2.24) is 9.97 Å². The molecule has 0 fully saturated rings. The second-order valence-corrected chi connectivity index (χ2v) is 6.49. The predicted octanol–water partition coefficient (Wildman–Crippen LogP) is 4.61. The third-order valence-corrected chi connectivity index (χ3v) is 4.76. The van der Waals surface area contributed by atoms with Gasteiger partial charge in [-0.1, -0.05) is 18.2 Å². The van der Waals surface area contributed by atoms with E-state index in [0.29, 0.717) is 16.3 Å². The first-order valence-corrected chi connectivity index (χ1v) is 8.63. The van der Waals surface area contributed by atoms with Crippen LogP contribution < -0.4 is 5.32 Å². The molecule has 2 aromatic heterocycles. The lowest BCUT2D eigenvalue weighted by molar-refractivity contribution is -0.115. The lowest BCUT2D eigenvalue weighted by Gasteiger charge is -2.04. The number of aromatic nitrogens is 2. The molecule has 124 valence electrons. The standard InChI is InChI=1S/C19H14FN3OS/c20-16-4-2-1-3-15(16)19-23-14(11-25-19)10-18(24)22-13-6-5-12-7-8-21-17(12)9-13/h1-9,11,21H,10H2,(H,22,24). The highest BCUT2D eigenvalue weighted by Gasteiger charge is 2.12. The fourth-order valence-electron chi connectivity index (χ4n) is 2.64. The van der Waals surface area contributed by atoms with Gasteiger partial charge in [-0.25, -0.2) is 9.37 Å². The van der Waals surface area contributed by atoms with E-state index in [1.807, 2.05) is 30.5 Å². The average molecular weight is 351 g/mol. The van der Waals surface area contributed by atoms with Gasteiger partial charge in [0.1, 0.15) is 10.8 Å². The molecule has 0 spiro atoms. The van der Waals surface area contributed by atoms with E-state index >= 15 is 0 Å². The van der Waals surface area contributed by atoms with Gasteiger partial charge in [0.15, 0.2) is 0 Å². The molecule has 4 rings (SSSR count). The molecular weight excluding hydrogens is 337 g/mol. The third kappa shape index (κ3) is 3.29. The number of rotatable bonds is 4. The van der Waals surface area contributed by atoms with Crippen LogP contribution in [-0.4, -0.2) is 15.9 Å². The number of hydrogen-bond donors (Lipinski definition) is 2. The van der Waals surface area contributed by atoms with Gasteiger partial charge in [0.2, 0.25) is 5.91 Å². The van der Waals surface area contributed by atoms with Gasteiger partial charge in [0.25, 0.3) is 0 Å². The monoisotopic (exact) mass is 351 g/mol. The van der Waals surface area contributed by atoms with Crippen LogP contribution in [0, 0.1) is 5.82 Å². The van der Waals surface area contributed by atoms with E-state index in [9.17, 15) is 9.18 Å². The summed E-state index contributed by atoms with van der Waals surface area (Å²) in [7, 11) is 0. The molecule has 2 N–H and O–H groups in total. The Bertz CT molecular complexity index is 1050. The summed E-state index contributed by atoms with van der Waals surface area (Å²) in [5.41, 5.74) is 2.77. The van der Waals surface area contributed by atoms with Crippen LogP contribution in [0.5, 0.6) is 0 Å². The molecule has 2 heterocycles. The Balaban J connectivity index is 1.47. The smallest absolute Gasteiger partial charge is 0.230 e. The van der Waals surface area contributed by atoms with Crippen LogP contribution in [0.25, 0.3) is 21.5 Å². The lowest BCUT2D eigenvalue weighted by atomic mass is 10.2. The van der Waals surface area contributed by atoms with Gasteiger partial charge in [0, 0.05) is 28.3 Å². The van der Waals surface area contributed by atoms with E-state index in [4.69, 9.17) is 0 Å². The van der Waals surface area contributed by atoms with E-state index in [1.165, 1.54) is 17.4 Å². The first-order chi connectivity index (χ1) is 12.2. The summed E-state index contributed by atoms with van der Waals surface area (Å²) in [6, 6.07) is 14.2. The van der Waals surface area contributed by atoms with Gasteiger partial charge in [-0.15, -0.1) is 11.3 Å². The Morgan fingerprint density at radius 3 is 2.96 bits per heavy atom. The maximum Gasteiger partial charge on any atom is 0.230 e. The fraction of sp³-hybridized carbons (Fsp3) is 0.0526. The normalized spacial score (nSPS) is 10.9. The minimum absolute atomic E-state index is 0.147. The molecule has 25 heavy (non-hydrogen) atoms. The molecule has 0 unspecified atom stereocenters. The van der Waals surface area contributed by atoms with Gasteiger partial charge >= 0.3 is 0 Å². The SMILES string of the molecule is O=C(Cc1csc(-c2ccccc2F)n1)Nc1ccc2cc[nH]c2c1. The number of amides is 1. The van der Waals surface area contributed by atoms with Crippen molar-refractivity contribution in [3.63, 3.8) is 0 Å². The summed E-state index contributed by atoms with van der Waals surface area (Å²) in [6.07, 6.45) is 2.00. The molecule has 4 nitrogen and oxygen atoms in total. The first kappa shape index (κ1) is 15.5. The van der Waals surface area contributed by atoms with Crippen LogP contribution in [0.4, 0.5) is 10.1 Å². The third-order valence-electron chi connectivity index (χ3n) is 3.84. The number of anilines is 1. The number of benzene rings is 2. The van der Waals surface area contributed by atoms with Gasteiger partial charge in [-0.2, -0.15) is 0 Å².